The van der Waals surface area contributed by atoms with Crippen LogP contribution < -0.4 is 17.0 Å². The largest absolute Gasteiger partial charge is 1.00 e. The Bertz CT molecular complexity index is 522. The summed E-state index contributed by atoms with van der Waals surface area (Å²) in [6, 6.07) is 7.95. The number of benzene rings is 1. The van der Waals surface area contributed by atoms with Crippen molar-refractivity contribution in [3.8, 4) is 0 Å². The topological polar surface area (TPSA) is 57.0 Å². The minimum absolute atomic E-state index is 0. The lowest BCUT2D eigenvalue weighted by molar-refractivity contribution is -0.677. The average molecular weight is 255 g/mol. The number of hydrogen-bond donors (Lipinski definition) is 2. The molecule has 0 spiro atoms. The number of para-hydroxylation sites is 2. The fourth-order valence-corrected chi connectivity index (χ4v) is 1.93. The van der Waals surface area contributed by atoms with Crippen molar-refractivity contribution >= 4 is 17.0 Å². The van der Waals surface area contributed by atoms with Gasteiger partial charge in [0.05, 0.1) is 6.42 Å². The van der Waals surface area contributed by atoms with Gasteiger partial charge in [0.15, 0.2) is 11.0 Å². The molecule has 0 unspecified atom stereocenters. The molecule has 0 aliphatic rings. The molecule has 5 heteroatoms. The van der Waals surface area contributed by atoms with Gasteiger partial charge < -0.3 is 17.5 Å². The highest BCUT2D eigenvalue weighted by Crippen LogP contribution is 2.09. The van der Waals surface area contributed by atoms with Crippen LogP contribution in [0.3, 0.4) is 0 Å². The van der Waals surface area contributed by atoms with Crippen LogP contribution in [-0.2, 0) is 17.8 Å². The van der Waals surface area contributed by atoms with Crippen molar-refractivity contribution in [3.05, 3.63) is 30.1 Å². The van der Waals surface area contributed by atoms with Crippen LogP contribution in [0.1, 0.15) is 19.2 Å². The molecule has 17 heavy (non-hydrogen) atoms. The SMILES string of the molecule is CCc1[nH]c2ccccc2[n+]1CCC(=O)O.[Cl-]. The predicted octanol–water partition coefficient (Wildman–Crippen LogP) is -1.50. The fourth-order valence-electron chi connectivity index (χ4n) is 1.93. The van der Waals surface area contributed by atoms with E-state index in [1.165, 1.54) is 0 Å². The molecule has 2 aromatic rings. The maximum absolute atomic E-state index is 10.6. The molecule has 92 valence electrons. The van der Waals surface area contributed by atoms with Crippen LogP contribution in [0, 0.1) is 0 Å². The number of aromatic amines is 1. The Morgan fingerprint density at radius 2 is 2.12 bits per heavy atom. The average Bonchev–Trinajstić information content (AvgIpc) is 2.64. The Hall–Kier alpha value is -1.55. The first-order valence-corrected chi connectivity index (χ1v) is 5.43. The molecule has 0 bridgehead atoms. The number of fused-ring (bicyclic) bond motifs is 1. The molecule has 1 aromatic heterocycles. The molecule has 0 amide bonds. The second-order valence-electron chi connectivity index (χ2n) is 3.74. The van der Waals surface area contributed by atoms with Crippen LogP contribution in [0.2, 0.25) is 0 Å². The Morgan fingerprint density at radius 1 is 1.41 bits per heavy atom. The molecule has 1 aromatic carbocycles. The molecular weight excluding hydrogens is 240 g/mol. The molecule has 2 N–H and O–H groups in total. The van der Waals surface area contributed by atoms with E-state index in [1.54, 1.807) is 0 Å². The number of nitrogens with one attached hydrogen (secondary N) is 1. The van der Waals surface area contributed by atoms with Crippen molar-refractivity contribution in [2.45, 2.75) is 26.3 Å². The van der Waals surface area contributed by atoms with Gasteiger partial charge in [0, 0.05) is 6.42 Å². The lowest BCUT2D eigenvalue weighted by atomic mass is 10.3. The summed E-state index contributed by atoms with van der Waals surface area (Å²) in [7, 11) is 0. The Labute approximate surface area is 106 Å². The van der Waals surface area contributed by atoms with Crippen LogP contribution in [0.15, 0.2) is 24.3 Å². The van der Waals surface area contributed by atoms with Crippen molar-refractivity contribution in [3.63, 3.8) is 0 Å². The molecular formula is C12H15ClN2O2. The maximum atomic E-state index is 10.6. The number of hydrogen-bond acceptors (Lipinski definition) is 1. The number of H-pyrrole nitrogens is 1. The summed E-state index contributed by atoms with van der Waals surface area (Å²) in [5.74, 6) is 0.308. The van der Waals surface area contributed by atoms with Gasteiger partial charge in [-0.25, -0.2) is 9.55 Å². The number of carboxylic acids is 1. The van der Waals surface area contributed by atoms with Gasteiger partial charge >= 0.3 is 5.97 Å². The van der Waals surface area contributed by atoms with E-state index in [-0.39, 0.29) is 18.8 Å². The number of aryl methyl sites for hydroxylation is 2. The minimum atomic E-state index is -0.764. The van der Waals surface area contributed by atoms with Crippen molar-refractivity contribution in [2.24, 2.45) is 0 Å². The number of carbonyl (C=O) groups is 1. The molecule has 0 aliphatic carbocycles. The van der Waals surface area contributed by atoms with E-state index in [9.17, 15) is 4.79 Å². The molecule has 0 aliphatic heterocycles. The fraction of sp³-hybridized carbons (Fsp3) is 0.333. The highest BCUT2D eigenvalue weighted by molar-refractivity contribution is 5.71. The zero-order valence-corrected chi connectivity index (χ0v) is 10.4. The summed E-state index contributed by atoms with van der Waals surface area (Å²) in [4.78, 5) is 13.9. The summed E-state index contributed by atoms with van der Waals surface area (Å²) in [6.45, 7) is 2.57. The zero-order valence-electron chi connectivity index (χ0n) is 9.61. The van der Waals surface area contributed by atoms with E-state index < -0.39 is 5.97 Å². The van der Waals surface area contributed by atoms with E-state index in [4.69, 9.17) is 5.11 Å². The third-order valence-electron chi connectivity index (χ3n) is 2.68. The van der Waals surface area contributed by atoms with E-state index >= 15 is 0 Å². The van der Waals surface area contributed by atoms with Crippen molar-refractivity contribution in [2.75, 3.05) is 0 Å². The molecule has 0 radical (unpaired) electrons. The van der Waals surface area contributed by atoms with Crippen LogP contribution >= 0.6 is 0 Å². The molecule has 0 saturated heterocycles. The Kier molecular flexibility index (Phi) is 4.52. The number of rotatable bonds is 4. The highest BCUT2D eigenvalue weighted by atomic mass is 35.5. The van der Waals surface area contributed by atoms with Gasteiger partial charge in [0.25, 0.3) is 5.82 Å². The van der Waals surface area contributed by atoms with Gasteiger partial charge in [0.1, 0.15) is 6.54 Å². The van der Waals surface area contributed by atoms with Gasteiger partial charge in [-0.2, -0.15) is 0 Å². The quantitative estimate of drug-likeness (QED) is 0.653. The van der Waals surface area contributed by atoms with E-state index in [2.05, 4.69) is 11.9 Å². The molecule has 0 saturated carbocycles. The molecule has 0 atom stereocenters. The van der Waals surface area contributed by atoms with Crippen LogP contribution in [0.4, 0.5) is 0 Å². The van der Waals surface area contributed by atoms with Crippen molar-refractivity contribution < 1.29 is 26.9 Å². The van der Waals surface area contributed by atoms with Crippen molar-refractivity contribution in [1.29, 1.82) is 0 Å². The van der Waals surface area contributed by atoms with Crippen LogP contribution in [0.25, 0.3) is 11.0 Å². The van der Waals surface area contributed by atoms with Gasteiger partial charge in [-0.05, 0) is 12.1 Å². The highest BCUT2D eigenvalue weighted by Gasteiger charge is 2.16. The van der Waals surface area contributed by atoms with E-state index in [0.717, 1.165) is 23.3 Å². The van der Waals surface area contributed by atoms with E-state index in [0.29, 0.717) is 6.54 Å². The monoisotopic (exact) mass is 254 g/mol. The first-order valence-electron chi connectivity index (χ1n) is 5.43. The number of halogens is 1. The Balaban J connectivity index is 0.00000144. The van der Waals surface area contributed by atoms with Gasteiger partial charge in [-0.3, -0.25) is 4.79 Å². The summed E-state index contributed by atoms with van der Waals surface area (Å²) in [5.41, 5.74) is 2.13. The smallest absolute Gasteiger partial charge is 0.307 e. The van der Waals surface area contributed by atoms with Gasteiger partial charge in [0.2, 0.25) is 0 Å². The zero-order chi connectivity index (χ0) is 11.5. The third-order valence-corrected chi connectivity index (χ3v) is 2.68. The standard InChI is InChI=1S/C12H14N2O2.ClH/c1-2-11-13-9-5-3-4-6-10(9)14(11)8-7-12(15)16;/h3-6H,2,7-8H2,1H3,(H,15,16);1H. The second-order valence-corrected chi connectivity index (χ2v) is 3.74. The normalized spacial score (nSPS) is 10.2. The van der Waals surface area contributed by atoms with Gasteiger partial charge in [-0.15, -0.1) is 0 Å². The maximum Gasteiger partial charge on any atom is 0.307 e. The predicted molar refractivity (Wildman–Crippen MR) is 60.1 cm³/mol. The number of nitrogens with zero attached hydrogens (tertiary/aromatic N) is 1. The number of carboxylic acid groups (broad SMARTS) is 1. The summed E-state index contributed by atoms with van der Waals surface area (Å²) in [5, 5.41) is 8.72. The summed E-state index contributed by atoms with van der Waals surface area (Å²) >= 11 is 0. The molecule has 2 rings (SSSR count). The van der Waals surface area contributed by atoms with Crippen molar-refractivity contribution in [1.82, 2.24) is 4.98 Å². The third kappa shape index (κ3) is 2.77. The van der Waals surface area contributed by atoms with Crippen LogP contribution in [0.5, 0.6) is 0 Å². The first-order chi connectivity index (χ1) is 7.72. The minimum Gasteiger partial charge on any atom is -1.00 e. The number of aromatic nitrogens is 2. The van der Waals surface area contributed by atoms with Crippen LogP contribution in [-0.4, -0.2) is 16.1 Å². The first kappa shape index (κ1) is 13.5. The second kappa shape index (κ2) is 5.68. The lowest BCUT2D eigenvalue weighted by Crippen LogP contribution is -3.00. The summed E-state index contributed by atoms with van der Waals surface area (Å²) < 4.78 is 2.05. The molecule has 1 heterocycles. The lowest BCUT2D eigenvalue weighted by Gasteiger charge is -1.97. The number of imidazole rings is 1. The summed E-state index contributed by atoms with van der Waals surface area (Å²) in [6.07, 6.45) is 1.02. The molecule has 0 fully saturated rings. The Morgan fingerprint density at radius 3 is 2.76 bits per heavy atom. The number of aliphatic carboxylic acids is 1. The van der Waals surface area contributed by atoms with Gasteiger partial charge in [-0.1, -0.05) is 19.1 Å². The van der Waals surface area contributed by atoms with E-state index in [1.807, 2.05) is 28.8 Å². The molecule has 4 nitrogen and oxygen atoms in total.